The van der Waals surface area contributed by atoms with E-state index in [0.717, 1.165) is 0 Å². The van der Waals surface area contributed by atoms with Gasteiger partial charge in [-0.25, -0.2) is 15.0 Å². The summed E-state index contributed by atoms with van der Waals surface area (Å²) in [5.41, 5.74) is -1.66. The minimum absolute atomic E-state index is 0. The van der Waals surface area contributed by atoms with Crippen LogP contribution < -0.4 is 53.2 Å². The fourth-order valence-electron chi connectivity index (χ4n) is 1.57. The van der Waals surface area contributed by atoms with Gasteiger partial charge in [0.05, 0.1) is 28.9 Å². The first kappa shape index (κ1) is 10.2. The van der Waals surface area contributed by atoms with Gasteiger partial charge in [0.15, 0.2) is 20.5 Å². The number of imidazole rings is 1. The second-order valence-electron chi connectivity index (χ2n) is 3.90. The predicted molar refractivity (Wildman–Crippen MR) is 69.2 cm³/mol. The maximum atomic E-state index is 11.1. The smallest absolute Gasteiger partial charge is 0.790 e. The van der Waals surface area contributed by atoms with Crippen molar-refractivity contribution in [3.05, 3.63) is 12.6 Å². The predicted octanol–water partition coefficient (Wildman–Crippen LogP) is -9.12. The molecule has 3 rings (SSSR count). The Balaban J connectivity index is 0.00000342. The SMILES string of the molecule is [2H]OC1([2H])[C@]([2H])([15n]2c([2H])[15n]c3c([15N]([2H])[2H])[15n]c([2H])[15n]c32)O[C@]([2H])(C([2H])([2H])OP(=O)([O-])[O-])[C@@]1([2H])O[2H].[Li+].[Li+]. The second kappa shape index (κ2) is 8.48. The zero-order valence-electron chi connectivity index (χ0n) is 24.5. The molecule has 1 fully saturated rings. The number of hydrogen-bond donors (Lipinski definition) is 3. The number of phosphoric ester groups is 1. The van der Waals surface area contributed by atoms with Crippen molar-refractivity contribution in [1.82, 2.24) is 19.5 Å². The van der Waals surface area contributed by atoms with E-state index in [4.69, 9.17) is 21.4 Å². The van der Waals surface area contributed by atoms with E-state index in [0.29, 0.717) is 0 Å². The Morgan fingerprint density at radius 3 is 2.92 bits per heavy atom. The Hall–Kier alpha value is -0.465. The average molecular weight is 376 g/mol. The van der Waals surface area contributed by atoms with Crippen LogP contribution in [-0.4, -0.2) is 57.4 Å². The fourth-order valence-corrected chi connectivity index (χ4v) is 1.77. The summed E-state index contributed by atoms with van der Waals surface area (Å²) >= 11 is 0. The number of aromatic nitrogens is 4. The number of fused-ring (bicyclic) bond motifs is 1. The van der Waals surface area contributed by atoms with E-state index >= 15 is 0 Å². The van der Waals surface area contributed by atoms with E-state index < -0.39 is 68.4 Å². The molecule has 0 amide bonds. The summed E-state index contributed by atoms with van der Waals surface area (Å²) in [5, 5.41) is 8.03. The van der Waals surface area contributed by atoms with Crippen LogP contribution in [0, 0.1) is 0 Å². The molecule has 12 nitrogen and oxygen atoms in total. The van der Waals surface area contributed by atoms with Crippen molar-refractivity contribution in [3.8, 4) is 0 Å². The van der Waals surface area contributed by atoms with E-state index in [-0.39, 0.29) is 48.0 Å². The molecule has 0 spiro atoms. The summed E-state index contributed by atoms with van der Waals surface area (Å²) < 4.78 is 114. The van der Waals surface area contributed by atoms with Crippen molar-refractivity contribution in [2.24, 2.45) is 0 Å². The van der Waals surface area contributed by atoms with Crippen LogP contribution in [0.5, 0.6) is 0 Å². The van der Waals surface area contributed by atoms with Crippen molar-refractivity contribution in [3.63, 3.8) is 0 Å². The second-order valence-corrected chi connectivity index (χ2v) is 4.98. The van der Waals surface area contributed by atoms with Gasteiger partial charge in [0, 0.05) is 0 Å². The molecular weight excluding hydrogens is 352 g/mol. The first-order chi connectivity index (χ1) is 15.7. The summed E-state index contributed by atoms with van der Waals surface area (Å²) in [4.78, 5) is 32.7. The number of ether oxygens (including phenoxy) is 1. The van der Waals surface area contributed by atoms with Crippen molar-refractivity contribution in [2.45, 2.75) is 24.4 Å². The van der Waals surface area contributed by atoms with Crippen molar-refractivity contribution in [2.75, 3.05) is 12.3 Å². The Kier molecular flexibility index (Phi) is 3.45. The number of phosphoric acid groups is 1. The zero-order chi connectivity index (χ0) is 27.0. The van der Waals surface area contributed by atoms with E-state index in [1.54, 1.807) is 0 Å². The van der Waals surface area contributed by atoms with Crippen LogP contribution in [0.25, 0.3) is 11.2 Å². The summed E-state index contributed by atoms with van der Waals surface area (Å²) in [6.45, 7) is -4.28. The minimum atomic E-state index is -6.31. The number of nitrogens with zero attached hydrogens (tertiary/aromatic N) is 4. The van der Waals surface area contributed by atoms with Gasteiger partial charge in [0.2, 0.25) is 2.86 Å². The van der Waals surface area contributed by atoms with Crippen LogP contribution >= 0.6 is 7.82 Å². The maximum absolute atomic E-state index is 11.1. The van der Waals surface area contributed by atoms with Gasteiger partial charge in [-0.3, -0.25) is 4.57 Å². The molecule has 1 unspecified atom stereocenters. The molecule has 1 aliphatic rings. The molecule has 0 bridgehead atoms. The van der Waals surface area contributed by atoms with Crippen LogP contribution in [0.3, 0.4) is 0 Å². The van der Waals surface area contributed by atoms with Crippen LogP contribution in [0.4, 0.5) is 5.82 Å². The van der Waals surface area contributed by atoms with E-state index in [9.17, 15) is 14.4 Å². The molecule has 1 aliphatic heterocycles. The number of nitrogens with two attached hydrogens (primary N) is 1. The molecule has 25 heavy (non-hydrogen) atoms. The summed E-state index contributed by atoms with van der Waals surface area (Å²) in [6, 6.07) is 0. The Morgan fingerprint density at radius 1 is 1.52 bits per heavy atom. The van der Waals surface area contributed by atoms with E-state index in [2.05, 4.69) is 29.7 Å². The van der Waals surface area contributed by atoms with Crippen LogP contribution in [-0.2, 0) is 13.8 Å². The monoisotopic (exact) mass is 376 g/mol. The molecule has 1 saturated heterocycles. The van der Waals surface area contributed by atoms with Gasteiger partial charge in [0.25, 0.3) is 0 Å². The fraction of sp³-hybridized carbons (Fsp3) is 0.500. The van der Waals surface area contributed by atoms with E-state index in [1.807, 2.05) is 0 Å². The van der Waals surface area contributed by atoms with Gasteiger partial charge in [-0.05, 0) is 0 Å². The molecular formula is C10H12Li2N5O7P. The zero-order valence-corrected chi connectivity index (χ0v) is 13.4. The van der Waals surface area contributed by atoms with Gasteiger partial charge in [-0.1, -0.05) is 0 Å². The van der Waals surface area contributed by atoms with Gasteiger partial charge in [-0.15, -0.1) is 0 Å². The molecule has 3 heterocycles. The van der Waals surface area contributed by atoms with Crippen molar-refractivity contribution >= 4 is 24.8 Å². The average Bonchev–Trinajstić information content (AvgIpc) is 3.11. The van der Waals surface area contributed by atoms with Gasteiger partial charge < -0.3 is 39.5 Å². The third-order valence-corrected chi connectivity index (χ3v) is 2.78. The minimum Gasteiger partial charge on any atom is -0.790 e. The topological polar surface area (TPSA) is 192 Å². The van der Waals surface area contributed by atoms with Gasteiger partial charge in [0.1, 0.15) is 32.8 Å². The Bertz CT molecular complexity index is 1230. The standard InChI is InChI=1S/C10H14N5O7P.2Li/c11-8-5-9(13-2-12-8)15(3-14-5)10-7(17)6(16)4(22-10)1-21-23(18,19)20;;/h2-4,6-7,10,16-17H,1H2,(H2,11,12,13)(H2,18,19,20);;/q;2*+1/p-2/t4-,6-,7?,10-;;/m1../s1/i1D2,2D,3D,4D,6D,7D,10D,11+1,12+1,13+1,14+1,15+1,16D,17D;;/hD2. The maximum Gasteiger partial charge on any atom is 1.00 e. The van der Waals surface area contributed by atoms with Gasteiger partial charge in [-0.2, -0.15) is 0 Å². The Labute approximate surface area is 182 Å². The number of anilines is 1. The van der Waals surface area contributed by atoms with Gasteiger partial charge >= 0.3 is 37.7 Å². The largest absolute Gasteiger partial charge is 1.00 e. The molecule has 4 N–H and O–H groups in total. The molecule has 0 aromatic carbocycles. The summed E-state index contributed by atoms with van der Waals surface area (Å²) in [7, 11) is -6.31. The molecule has 2 aromatic heterocycles. The van der Waals surface area contributed by atoms with Crippen molar-refractivity contribution in [1.29, 1.82) is 2.86 Å². The normalized spacial score (nSPS) is 45.2. The van der Waals surface area contributed by atoms with Crippen molar-refractivity contribution < 1.29 is 85.3 Å². The van der Waals surface area contributed by atoms with Crippen LogP contribution in [0.2, 0.25) is 2.82 Å². The number of hydrogen-bond acceptors (Lipinski definition) is 11. The molecule has 0 aliphatic carbocycles. The van der Waals surface area contributed by atoms with Crippen LogP contribution in [0.1, 0.15) is 17.2 Å². The first-order valence-corrected chi connectivity index (χ1v) is 6.95. The third-order valence-electron chi connectivity index (χ3n) is 2.47. The summed E-state index contributed by atoms with van der Waals surface area (Å²) in [5.74, 6) is -0.737. The molecule has 15 heteroatoms. The third kappa shape index (κ3) is 4.63. The quantitative estimate of drug-likeness (QED) is 0.236. The summed E-state index contributed by atoms with van der Waals surface area (Å²) in [6.07, 6.45) is -18.0. The van der Waals surface area contributed by atoms with E-state index in [1.165, 1.54) is 0 Å². The number of nitrogen functional groups attached to an aromatic ring is 1. The number of rotatable bonds is 7. The van der Waals surface area contributed by atoms with Crippen LogP contribution in [0.15, 0.2) is 12.6 Å². The number of aliphatic hydroxyl groups is 2. The molecule has 126 valence electrons. The first-order valence-electron chi connectivity index (χ1n) is 11.2. The Morgan fingerprint density at radius 2 is 2.28 bits per heavy atom. The molecule has 0 saturated carbocycles. The molecule has 4 atom stereocenters. The molecule has 2 aromatic rings. The molecule has 0 radical (unpaired) electrons.